The second-order valence-electron chi connectivity index (χ2n) is 7.13. The summed E-state index contributed by atoms with van der Waals surface area (Å²) in [5.41, 5.74) is 1.36. The van der Waals surface area contributed by atoms with Gasteiger partial charge in [0, 0.05) is 25.3 Å². The monoisotopic (exact) mass is 398 g/mol. The molecule has 2 aromatic rings. The Hall–Kier alpha value is -3.35. The Labute approximate surface area is 170 Å². The van der Waals surface area contributed by atoms with Gasteiger partial charge in [0.1, 0.15) is 5.75 Å². The van der Waals surface area contributed by atoms with Crippen molar-refractivity contribution in [3.05, 3.63) is 59.7 Å². The van der Waals surface area contributed by atoms with Crippen LogP contribution < -0.4 is 10.1 Å². The fourth-order valence-corrected chi connectivity index (χ4v) is 2.32. The lowest BCUT2D eigenvalue weighted by molar-refractivity contribution is -0.119. The number of nitrogens with one attached hydrogen (secondary N) is 1. The lowest BCUT2D eigenvalue weighted by Crippen LogP contribution is -2.22. The van der Waals surface area contributed by atoms with Crippen molar-refractivity contribution in [2.75, 3.05) is 32.6 Å². The smallest absolute Gasteiger partial charge is 0.338 e. The van der Waals surface area contributed by atoms with Crippen molar-refractivity contribution >= 4 is 23.5 Å². The van der Waals surface area contributed by atoms with Gasteiger partial charge in [-0.3, -0.25) is 9.59 Å². The van der Waals surface area contributed by atoms with Crippen LogP contribution in [0.25, 0.3) is 0 Å². The van der Waals surface area contributed by atoms with E-state index in [4.69, 9.17) is 9.47 Å². The average Bonchev–Trinajstić information content (AvgIpc) is 2.70. The Morgan fingerprint density at radius 1 is 0.931 bits per heavy atom. The van der Waals surface area contributed by atoms with Crippen LogP contribution in [-0.4, -0.2) is 50.0 Å². The minimum absolute atomic E-state index is 0.127. The summed E-state index contributed by atoms with van der Waals surface area (Å²) in [5, 5.41) is 2.62. The van der Waals surface area contributed by atoms with Gasteiger partial charge in [-0.1, -0.05) is 13.8 Å². The highest BCUT2D eigenvalue weighted by molar-refractivity contribution is 5.97. The topological polar surface area (TPSA) is 84.9 Å². The van der Waals surface area contributed by atoms with Gasteiger partial charge in [0.05, 0.1) is 12.2 Å². The van der Waals surface area contributed by atoms with Crippen molar-refractivity contribution in [3.63, 3.8) is 0 Å². The first-order chi connectivity index (χ1) is 13.8. The molecule has 0 spiro atoms. The van der Waals surface area contributed by atoms with Crippen LogP contribution >= 0.6 is 0 Å². The minimum atomic E-state index is -0.595. The van der Waals surface area contributed by atoms with E-state index in [0.29, 0.717) is 35.1 Å². The molecule has 0 heterocycles. The SMILES string of the molecule is CC(C)COc1ccc(C(=O)OCC(=O)Nc2ccc(C(=O)N(C)C)cc2)cc1. The van der Waals surface area contributed by atoms with Crippen molar-refractivity contribution in [1.29, 1.82) is 0 Å². The zero-order valence-electron chi connectivity index (χ0n) is 17.1. The first kappa shape index (κ1) is 21.9. The Morgan fingerprint density at radius 3 is 2.07 bits per heavy atom. The molecular weight excluding hydrogens is 372 g/mol. The molecule has 0 aliphatic heterocycles. The molecule has 1 N–H and O–H groups in total. The largest absolute Gasteiger partial charge is 0.493 e. The van der Waals surface area contributed by atoms with Gasteiger partial charge >= 0.3 is 5.97 Å². The van der Waals surface area contributed by atoms with Crippen molar-refractivity contribution in [2.24, 2.45) is 5.92 Å². The predicted molar refractivity (Wildman–Crippen MR) is 110 cm³/mol. The maximum absolute atomic E-state index is 12.1. The number of carbonyl (C=O) groups is 3. The van der Waals surface area contributed by atoms with Gasteiger partial charge in [-0.25, -0.2) is 4.79 Å². The van der Waals surface area contributed by atoms with Crippen LogP contribution in [0, 0.1) is 5.92 Å². The zero-order valence-corrected chi connectivity index (χ0v) is 17.1. The van der Waals surface area contributed by atoms with E-state index in [9.17, 15) is 14.4 Å². The third kappa shape index (κ3) is 6.95. The Morgan fingerprint density at radius 2 is 1.52 bits per heavy atom. The Balaban J connectivity index is 1.82. The fourth-order valence-electron chi connectivity index (χ4n) is 2.32. The standard InChI is InChI=1S/C22H26N2O5/c1-15(2)13-28-19-11-7-17(8-12-19)22(27)29-14-20(25)23-18-9-5-16(6-10-18)21(26)24(3)4/h5-12,15H,13-14H2,1-4H3,(H,23,25). The maximum atomic E-state index is 12.1. The van der Waals surface area contributed by atoms with E-state index in [0.717, 1.165) is 0 Å². The molecule has 0 aliphatic rings. The van der Waals surface area contributed by atoms with Crippen LogP contribution in [0.5, 0.6) is 5.75 Å². The van der Waals surface area contributed by atoms with E-state index in [1.807, 2.05) is 0 Å². The molecule has 0 unspecified atom stereocenters. The summed E-state index contributed by atoms with van der Waals surface area (Å²) in [7, 11) is 3.33. The van der Waals surface area contributed by atoms with E-state index in [1.54, 1.807) is 62.6 Å². The molecule has 7 heteroatoms. The Kier molecular flexibility index (Phi) is 7.77. The van der Waals surface area contributed by atoms with E-state index < -0.39 is 18.5 Å². The minimum Gasteiger partial charge on any atom is -0.493 e. The summed E-state index contributed by atoms with van der Waals surface area (Å²) in [4.78, 5) is 37.4. The van der Waals surface area contributed by atoms with Crippen LogP contribution in [0.4, 0.5) is 5.69 Å². The van der Waals surface area contributed by atoms with E-state index in [1.165, 1.54) is 4.90 Å². The number of ether oxygens (including phenoxy) is 2. The molecular formula is C22H26N2O5. The molecule has 2 rings (SSSR count). The maximum Gasteiger partial charge on any atom is 0.338 e. The van der Waals surface area contributed by atoms with Gasteiger partial charge in [0.25, 0.3) is 11.8 Å². The van der Waals surface area contributed by atoms with E-state index >= 15 is 0 Å². The highest BCUT2D eigenvalue weighted by atomic mass is 16.5. The zero-order chi connectivity index (χ0) is 21.4. The number of nitrogens with zero attached hydrogens (tertiary/aromatic N) is 1. The summed E-state index contributed by atoms with van der Waals surface area (Å²) in [6.45, 7) is 4.28. The van der Waals surface area contributed by atoms with Crippen molar-refractivity contribution in [1.82, 2.24) is 4.90 Å². The molecule has 7 nitrogen and oxygen atoms in total. The van der Waals surface area contributed by atoms with Crippen LogP contribution in [0.1, 0.15) is 34.6 Å². The normalized spacial score (nSPS) is 10.4. The van der Waals surface area contributed by atoms with Crippen LogP contribution in [-0.2, 0) is 9.53 Å². The molecule has 29 heavy (non-hydrogen) atoms. The Bertz CT molecular complexity index is 843. The van der Waals surface area contributed by atoms with Crippen LogP contribution in [0.15, 0.2) is 48.5 Å². The van der Waals surface area contributed by atoms with Crippen molar-refractivity contribution < 1.29 is 23.9 Å². The van der Waals surface area contributed by atoms with Gasteiger partial charge in [-0.2, -0.15) is 0 Å². The third-order valence-corrected chi connectivity index (χ3v) is 3.83. The van der Waals surface area contributed by atoms with Crippen molar-refractivity contribution in [2.45, 2.75) is 13.8 Å². The number of amides is 2. The first-order valence-corrected chi connectivity index (χ1v) is 9.28. The predicted octanol–water partition coefficient (Wildman–Crippen LogP) is 3.22. The number of anilines is 1. The molecule has 0 fully saturated rings. The van der Waals surface area contributed by atoms with Crippen LogP contribution in [0.2, 0.25) is 0 Å². The van der Waals surface area contributed by atoms with E-state index in [2.05, 4.69) is 19.2 Å². The lowest BCUT2D eigenvalue weighted by Gasteiger charge is -2.11. The molecule has 0 saturated heterocycles. The highest BCUT2D eigenvalue weighted by Gasteiger charge is 2.12. The summed E-state index contributed by atoms with van der Waals surface area (Å²) >= 11 is 0. The molecule has 0 aromatic heterocycles. The number of hydrogen-bond acceptors (Lipinski definition) is 5. The quantitative estimate of drug-likeness (QED) is 0.690. The van der Waals surface area contributed by atoms with Gasteiger partial charge in [0.2, 0.25) is 0 Å². The molecule has 0 radical (unpaired) electrons. The van der Waals surface area contributed by atoms with Crippen molar-refractivity contribution in [3.8, 4) is 5.75 Å². The summed E-state index contributed by atoms with van der Waals surface area (Å²) in [5.74, 6) is -0.117. The second kappa shape index (κ2) is 10.3. The van der Waals surface area contributed by atoms with Gasteiger partial charge < -0.3 is 19.7 Å². The number of benzene rings is 2. The molecule has 0 saturated carbocycles. The average molecular weight is 398 g/mol. The van der Waals surface area contributed by atoms with E-state index in [-0.39, 0.29) is 5.91 Å². The summed E-state index contributed by atoms with van der Waals surface area (Å²) < 4.78 is 10.6. The molecule has 2 amide bonds. The number of carbonyl (C=O) groups excluding carboxylic acids is 3. The summed E-state index contributed by atoms with van der Waals surface area (Å²) in [6.07, 6.45) is 0. The number of hydrogen-bond donors (Lipinski definition) is 1. The summed E-state index contributed by atoms with van der Waals surface area (Å²) in [6, 6.07) is 13.0. The molecule has 0 bridgehead atoms. The first-order valence-electron chi connectivity index (χ1n) is 9.28. The number of esters is 1. The number of rotatable bonds is 8. The lowest BCUT2D eigenvalue weighted by atomic mass is 10.2. The molecule has 2 aromatic carbocycles. The van der Waals surface area contributed by atoms with Gasteiger partial charge in [0.15, 0.2) is 6.61 Å². The highest BCUT2D eigenvalue weighted by Crippen LogP contribution is 2.14. The molecule has 0 atom stereocenters. The molecule has 154 valence electrons. The van der Waals surface area contributed by atoms with Gasteiger partial charge in [-0.15, -0.1) is 0 Å². The third-order valence-electron chi connectivity index (χ3n) is 3.83. The fraction of sp³-hybridized carbons (Fsp3) is 0.318. The molecule has 0 aliphatic carbocycles. The van der Waals surface area contributed by atoms with Crippen LogP contribution in [0.3, 0.4) is 0 Å². The second-order valence-corrected chi connectivity index (χ2v) is 7.13. The van der Waals surface area contributed by atoms with Gasteiger partial charge in [-0.05, 0) is 54.4 Å².